The van der Waals surface area contributed by atoms with Crippen LogP contribution in [0.2, 0.25) is 0 Å². The molecule has 3 aromatic rings. The third-order valence-electron chi connectivity index (χ3n) is 4.62. The maximum absolute atomic E-state index is 13.1. The summed E-state index contributed by atoms with van der Waals surface area (Å²) in [6.07, 6.45) is -3.14. The Bertz CT molecular complexity index is 1020. The summed E-state index contributed by atoms with van der Waals surface area (Å²) < 4.78 is 48.1. The van der Waals surface area contributed by atoms with Crippen LogP contribution in [0.25, 0.3) is 0 Å². The van der Waals surface area contributed by atoms with Crippen molar-refractivity contribution in [3.8, 4) is 17.4 Å². The number of carbonyl (C=O) groups is 1. The van der Waals surface area contributed by atoms with Crippen LogP contribution < -0.4 is 14.8 Å². The van der Waals surface area contributed by atoms with Gasteiger partial charge in [-0.05, 0) is 18.2 Å². The van der Waals surface area contributed by atoms with E-state index < -0.39 is 18.7 Å². The van der Waals surface area contributed by atoms with Gasteiger partial charge in [-0.1, -0.05) is 42.5 Å². The Labute approximate surface area is 170 Å². The molecule has 0 spiro atoms. The number of halogens is 3. The maximum Gasteiger partial charge on any atom is 0.422 e. The van der Waals surface area contributed by atoms with Gasteiger partial charge in [-0.2, -0.15) is 13.2 Å². The molecule has 0 saturated heterocycles. The molecule has 0 saturated carbocycles. The minimum Gasteiger partial charge on any atom is -0.468 e. The van der Waals surface area contributed by atoms with Crippen molar-refractivity contribution in [3.05, 3.63) is 83.6 Å². The van der Waals surface area contributed by atoms with E-state index in [4.69, 9.17) is 9.47 Å². The van der Waals surface area contributed by atoms with Gasteiger partial charge in [0.15, 0.2) is 6.61 Å². The standard InChI is InChI=1S/C22H17F3N2O3/c23-22(24,25)13-29-21-14(6-5-11-26-21)12-27-20(28)19-15-7-1-3-9-17(15)30-18-10-4-2-8-16(18)19/h1-11,19H,12-13H2,(H,27,28). The number of para-hydroxylation sites is 2. The van der Waals surface area contributed by atoms with Gasteiger partial charge in [-0.15, -0.1) is 0 Å². The summed E-state index contributed by atoms with van der Waals surface area (Å²) in [7, 11) is 0. The molecule has 0 aliphatic carbocycles. The zero-order valence-corrected chi connectivity index (χ0v) is 15.6. The molecule has 1 aliphatic heterocycles. The Morgan fingerprint density at radius 2 is 1.63 bits per heavy atom. The summed E-state index contributed by atoms with van der Waals surface area (Å²) in [6.45, 7) is -1.48. The number of carbonyl (C=O) groups excluding carboxylic acids is 1. The third kappa shape index (κ3) is 4.22. The van der Waals surface area contributed by atoms with Gasteiger partial charge >= 0.3 is 6.18 Å². The fourth-order valence-corrected chi connectivity index (χ4v) is 3.32. The third-order valence-corrected chi connectivity index (χ3v) is 4.62. The average molecular weight is 414 g/mol. The zero-order chi connectivity index (χ0) is 21.1. The van der Waals surface area contributed by atoms with Gasteiger partial charge in [0, 0.05) is 29.4 Å². The van der Waals surface area contributed by atoms with E-state index in [0.29, 0.717) is 28.2 Å². The monoisotopic (exact) mass is 414 g/mol. The molecule has 154 valence electrons. The summed E-state index contributed by atoms with van der Waals surface area (Å²) in [4.78, 5) is 17.0. The number of alkyl halides is 3. The predicted octanol–water partition coefficient (Wildman–Crippen LogP) is 4.58. The van der Waals surface area contributed by atoms with Crippen molar-refractivity contribution < 1.29 is 27.4 Å². The molecule has 0 radical (unpaired) electrons. The van der Waals surface area contributed by atoms with E-state index in [2.05, 4.69) is 10.3 Å². The second kappa shape index (κ2) is 8.06. The van der Waals surface area contributed by atoms with Crippen LogP contribution in [-0.4, -0.2) is 23.7 Å². The largest absolute Gasteiger partial charge is 0.468 e. The van der Waals surface area contributed by atoms with E-state index in [9.17, 15) is 18.0 Å². The van der Waals surface area contributed by atoms with Crippen LogP contribution in [0.1, 0.15) is 22.6 Å². The molecule has 5 nitrogen and oxygen atoms in total. The first-order valence-corrected chi connectivity index (χ1v) is 9.19. The highest BCUT2D eigenvalue weighted by molar-refractivity contribution is 5.89. The average Bonchev–Trinajstić information content (AvgIpc) is 2.74. The van der Waals surface area contributed by atoms with E-state index in [-0.39, 0.29) is 18.3 Å². The Morgan fingerprint density at radius 3 is 2.27 bits per heavy atom. The van der Waals surface area contributed by atoms with E-state index in [0.717, 1.165) is 0 Å². The minimum absolute atomic E-state index is 0.0262. The van der Waals surface area contributed by atoms with E-state index in [1.165, 1.54) is 6.20 Å². The Kier molecular flexibility index (Phi) is 5.31. The van der Waals surface area contributed by atoms with E-state index in [1.54, 1.807) is 24.3 Å². The van der Waals surface area contributed by atoms with Crippen LogP contribution in [-0.2, 0) is 11.3 Å². The van der Waals surface area contributed by atoms with Crippen LogP contribution >= 0.6 is 0 Å². The van der Waals surface area contributed by atoms with Gasteiger partial charge in [0.25, 0.3) is 0 Å². The molecule has 30 heavy (non-hydrogen) atoms. The number of hydrogen-bond acceptors (Lipinski definition) is 4. The number of fused-ring (bicyclic) bond motifs is 2. The highest BCUT2D eigenvalue weighted by atomic mass is 19.4. The van der Waals surface area contributed by atoms with Crippen molar-refractivity contribution in [2.24, 2.45) is 0 Å². The molecule has 0 atom stereocenters. The van der Waals surface area contributed by atoms with Gasteiger partial charge < -0.3 is 14.8 Å². The van der Waals surface area contributed by atoms with Crippen molar-refractivity contribution in [3.63, 3.8) is 0 Å². The summed E-state index contributed by atoms with van der Waals surface area (Å²) in [5.41, 5.74) is 1.78. The molecule has 1 aromatic heterocycles. The highest BCUT2D eigenvalue weighted by Gasteiger charge is 2.32. The lowest BCUT2D eigenvalue weighted by Gasteiger charge is -2.27. The number of rotatable bonds is 5. The van der Waals surface area contributed by atoms with E-state index >= 15 is 0 Å². The van der Waals surface area contributed by atoms with Crippen LogP contribution in [0.4, 0.5) is 13.2 Å². The molecule has 0 unspecified atom stereocenters. The molecule has 8 heteroatoms. The molecule has 2 heterocycles. The van der Waals surface area contributed by atoms with E-state index in [1.807, 2.05) is 36.4 Å². The van der Waals surface area contributed by atoms with Crippen LogP contribution in [0.15, 0.2) is 66.9 Å². The molecule has 1 amide bonds. The topological polar surface area (TPSA) is 60.5 Å². The van der Waals surface area contributed by atoms with Gasteiger partial charge in [0.05, 0.1) is 5.92 Å². The molecular weight excluding hydrogens is 397 g/mol. The number of nitrogens with zero attached hydrogens (tertiary/aromatic N) is 1. The summed E-state index contributed by atoms with van der Waals surface area (Å²) in [5.74, 6) is 0.105. The second-order valence-corrected chi connectivity index (χ2v) is 6.70. The van der Waals surface area contributed by atoms with Crippen molar-refractivity contribution in [2.75, 3.05) is 6.61 Å². The lowest BCUT2D eigenvalue weighted by molar-refractivity contribution is -0.154. The highest BCUT2D eigenvalue weighted by Crippen LogP contribution is 2.43. The number of benzene rings is 2. The normalized spacial score (nSPS) is 13.0. The quantitative estimate of drug-likeness (QED) is 0.664. The van der Waals surface area contributed by atoms with Gasteiger partial charge in [-0.3, -0.25) is 4.79 Å². The fraction of sp³-hybridized carbons (Fsp3) is 0.182. The number of hydrogen-bond donors (Lipinski definition) is 1. The molecule has 1 N–H and O–H groups in total. The molecule has 2 aromatic carbocycles. The lowest BCUT2D eigenvalue weighted by Crippen LogP contribution is -2.31. The summed E-state index contributed by atoms with van der Waals surface area (Å²) >= 11 is 0. The molecule has 0 bridgehead atoms. The number of pyridine rings is 1. The number of nitrogens with one attached hydrogen (secondary N) is 1. The number of aromatic nitrogens is 1. The lowest BCUT2D eigenvalue weighted by atomic mass is 9.87. The van der Waals surface area contributed by atoms with Gasteiger partial charge in [-0.25, -0.2) is 4.98 Å². The van der Waals surface area contributed by atoms with Crippen molar-refractivity contribution >= 4 is 5.91 Å². The Morgan fingerprint density at radius 1 is 1.00 bits per heavy atom. The molecule has 1 aliphatic rings. The summed E-state index contributed by atoms with van der Waals surface area (Å²) in [5, 5.41) is 2.79. The van der Waals surface area contributed by atoms with Crippen molar-refractivity contribution in [1.29, 1.82) is 0 Å². The van der Waals surface area contributed by atoms with Crippen molar-refractivity contribution in [1.82, 2.24) is 10.3 Å². The van der Waals surface area contributed by atoms with Crippen LogP contribution in [0.3, 0.4) is 0 Å². The second-order valence-electron chi connectivity index (χ2n) is 6.70. The Hall–Kier alpha value is -3.55. The first-order chi connectivity index (χ1) is 14.4. The first kappa shape index (κ1) is 19.8. The molecular formula is C22H17F3N2O3. The predicted molar refractivity (Wildman–Crippen MR) is 102 cm³/mol. The minimum atomic E-state index is -4.48. The maximum atomic E-state index is 13.1. The number of ether oxygens (including phenoxy) is 2. The van der Waals surface area contributed by atoms with Gasteiger partial charge in [0.1, 0.15) is 11.5 Å². The smallest absolute Gasteiger partial charge is 0.422 e. The van der Waals surface area contributed by atoms with Crippen LogP contribution in [0.5, 0.6) is 17.4 Å². The fourth-order valence-electron chi connectivity index (χ4n) is 3.32. The molecule has 4 rings (SSSR count). The SMILES string of the molecule is O=C(NCc1cccnc1OCC(F)(F)F)C1c2ccccc2Oc2ccccc21. The molecule has 0 fully saturated rings. The van der Waals surface area contributed by atoms with Crippen LogP contribution in [0, 0.1) is 0 Å². The number of amides is 1. The first-order valence-electron chi connectivity index (χ1n) is 9.19. The van der Waals surface area contributed by atoms with Crippen molar-refractivity contribution in [2.45, 2.75) is 18.6 Å². The van der Waals surface area contributed by atoms with Gasteiger partial charge in [0.2, 0.25) is 11.8 Å². The summed E-state index contributed by atoms with van der Waals surface area (Å²) in [6, 6.07) is 17.6. The Balaban J connectivity index is 1.55. The zero-order valence-electron chi connectivity index (χ0n) is 15.6.